The van der Waals surface area contributed by atoms with Crippen molar-refractivity contribution in [2.45, 2.75) is 33.2 Å². The first-order valence-electron chi connectivity index (χ1n) is 8.73. The summed E-state index contributed by atoms with van der Waals surface area (Å²) in [6.07, 6.45) is 2.58. The van der Waals surface area contributed by atoms with Gasteiger partial charge in [0, 0.05) is 29.2 Å². The zero-order valence-corrected chi connectivity index (χ0v) is 16.4. The Morgan fingerprint density at radius 1 is 1.19 bits per heavy atom. The van der Waals surface area contributed by atoms with Crippen LogP contribution in [0.4, 0.5) is 0 Å². The van der Waals surface area contributed by atoms with Crippen molar-refractivity contribution in [1.82, 2.24) is 14.9 Å². The molecule has 0 aliphatic carbocycles. The number of aromatic nitrogens is 2. The quantitative estimate of drug-likeness (QED) is 0.636. The molecule has 0 saturated heterocycles. The van der Waals surface area contributed by atoms with Gasteiger partial charge in [-0.2, -0.15) is 0 Å². The van der Waals surface area contributed by atoms with Crippen LogP contribution in [0.5, 0.6) is 0 Å². The Morgan fingerprint density at radius 3 is 2.62 bits per heavy atom. The van der Waals surface area contributed by atoms with Gasteiger partial charge in [-0.15, -0.1) is 11.3 Å². The fourth-order valence-electron chi connectivity index (χ4n) is 2.98. The molecule has 1 aromatic carbocycles. The van der Waals surface area contributed by atoms with Crippen molar-refractivity contribution in [1.29, 1.82) is 0 Å². The van der Waals surface area contributed by atoms with Crippen LogP contribution in [0.1, 0.15) is 46.0 Å². The van der Waals surface area contributed by atoms with Crippen LogP contribution in [0.2, 0.25) is 0 Å². The molecule has 0 saturated carbocycles. The zero-order chi connectivity index (χ0) is 18.7. The Morgan fingerprint density at radius 2 is 2.00 bits per heavy atom. The highest BCUT2D eigenvalue weighted by molar-refractivity contribution is 7.15. The van der Waals surface area contributed by atoms with E-state index in [1.807, 2.05) is 56.4 Å². The number of benzene rings is 1. The van der Waals surface area contributed by atoms with E-state index in [1.54, 1.807) is 22.4 Å². The maximum atomic E-state index is 13.1. The van der Waals surface area contributed by atoms with E-state index >= 15 is 0 Å². The molecule has 1 amide bonds. The van der Waals surface area contributed by atoms with Crippen molar-refractivity contribution in [3.63, 3.8) is 0 Å². The molecule has 2 heterocycles. The van der Waals surface area contributed by atoms with E-state index in [9.17, 15) is 4.79 Å². The van der Waals surface area contributed by atoms with Crippen LogP contribution in [0.15, 0.2) is 48.7 Å². The number of hydrogen-bond acceptors (Lipinski definition) is 4. The van der Waals surface area contributed by atoms with Gasteiger partial charge < -0.3 is 4.90 Å². The first-order chi connectivity index (χ1) is 12.5. The molecule has 5 heteroatoms. The molecule has 0 unspecified atom stereocenters. The minimum Gasteiger partial charge on any atom is -0.333 e. The predicted octanol–water partition coefficient (Wildman–Crippen LogP) is 5.05. The fraction of sp³-hybridized carbons (Fsp3) is 0.286. The Balaban J connectivity index is 1.88. The first-order valence-corrected chi connectivity index (χ1v) is 9.55. The number of hydrogen-bond donors (Lipinski definition) is 0. The highest BCUT2D eigenvalue weighted by Crippen LogP contribution is 2.29. The van der Waals surface area contributed by atoms with Gasteiger partial charge in [-0.1, -0.05) is 25.1 Å². The van der Waals surface area contributed by atoms with Crippen molar-refractivity contribution < 1.29 is 4.79 Å². The predicted molar refractivity (Wildman–Crippen MR) is 106 cm³/mol. The van der Waals surface area contributed by atoms with E-state index in [-0.39, 0.29) is 11.9 Å². The summed E-state index contributed by atoms with van der Waals surface area (Å²) in [6.45, 7) is 6.15. The van der Waals surface area contributed by atoms with Gasteiger partial charge in [0.15, 0.2) is 0 Å². The summed E-state index contributed by atoms with van der Waals surface area (Å²) in [7, 11) is 1.84. The highest BCUT2D eigenvalue weighted by Gasteiger charge is 2.22. The fourth-order valence-corrected chi connectivity index (χ4v) is 3.89. The van der Waals surface area contributed by atoms with Crippen molar-refractivity contribution >= 4 is 17.2 Å². The second-order valence-electron chi connectivity index (χ2n) is 6.34. The van der Waals surface area contributed by atoms with E-state index in [4.69, 9.17) is 0 Å². The van der Waals surface area contributed by atoms with Gasteiger partial charge in [0.1, 0.15) is 5.01 Å². The second-order valence-corrected chi connectivity index (χ2v) is 7.54. The average molecular weight is 366 g/mol. The Kier molecular flexibility index (Phi) is 5.47. The molecule has 3 aromatic rings. The molecule has 4 nitrogen and oxygen atoms in total. The molecule has 0 aliphatic rings. The van der Waals surface area contributed by atoms with Gasteiger partial charge in [-0.05, 0) is 44.5 Å². The van der Waals surface area contributed by atoms with Crippen LogP contribution in [0.3, 0.4) is 0 Å². The minimum absolute atomic E-state index is 0.00523. The molecular weight excluding hydrogens is 342 g/mol. The number of nitrogens with zero attached hydrogens (tertiary/aromatic N) is 3. The largest absolute Gasteiger partial charge is 0.333 e. The van der Waals surface area contributed by atoms with Crippen LogP contribution in [0.25, 0.3) is 10.6 Å². The van der Waals surface area contributed by atoms with Crippen molar-refractivity contribution in [2.24, 2.45) is 0 Å². The molecule has 0 fully saturated rings. The van der Waals surface area contributed by atoms with Gasteiger partial charge in [-0.25, -0.2) is 4.98 Å². The standard InChI is InChI=1S/C21H23N3OS/c1-5-19(18-11-6-7-12-22-18)24(4)21(25)17-10-8-9-16(13-17)20-23-14(2)15(3)26-20/h6-13,19H,5H2,1-4H3/t19-/m0/s1. The third-order valence-electron chi connectivity index (χ3n) is 4.59. The highest BCUT2D eigenvalue weighted by atomic mass is 32.1. The molecule has 0 spiro atoms. The lowest BCUT2D eigenvalue weighted by atomic mass is 10.1. The summed E-state index contributed by atoms with van der Waals surface area (Å²) in [6, 6.07) is 13.5. The number of thiazole rings is 1. The Labute approximate surface area is 158 Å². The maximum Gasteiger partial charge on any atom is 0.254 e. The van der Waals surface area contributed by atoms with Crippen LogP contribution >= 0.6 is 11.3 Å². The average Bonchev–Trinajstić information content (AvgIpc) is 3.01. The number of aryl methyl sites for hydroxylation is 2. The number of amides is 1. The SMILES string of the molecule is CC[C@@H](c1ccccn1)N(C)C(=O)c1cccc(-c2nc(C)c(C)s2)c1. The maximum absolute atomic E-state index is 13.1. The van der Waals surface area contributed by atoms with E-state index in [0.717, 1.165) is 28.4 Å². The summed E-state index contributed by atoms with van der Waals surface area (Å²) in [5.74, 6) is -0.00523. The normalized spacial score (nSPS) is 12.0. The Hall–Kier alpha value is -2.53. The lowest BCUT2D eigenvalue weighted by Gasteiger charge is -2.27. The molecule has 1 atom stereocenters. The summed E-state index contributed by atoms with van der Waals surface area (Å²) in [4.78, 5) is 25.1. The molecule has 0 radical (unpaired) electrons. The molecule has 0 bridgehead atoms. The number of carbonyl (C=O) groups excluding carboxylic acids is 1. The number of rotatable bonds is 5. The number of pyridine rings is 1. The van der Waals surface area contributed by atoms with Crippen LogP contribution < -0.4 is 0 Å². The second kappa shape index (κ2) is 7.79. The molecule has 26 heavy (non-hydrogen) atoms. The van der Waals surface area contributed by atoms with Crippen LogP contribution in [0, 0.1) is 13.8 Å². The zero-order valence-electron chi connectivity index (χ0n) is 15.6. The van der Waals surface area contributed by atoms with Crippen molar-refractivity contribution in [3.8, 4) is 10.6 Å². The van der Waals surface area contributed by atoms with Crippen LogP contribution in [-0.4, -0.2) is 27.8 Å². The van der Waals surface area contributed by atoms with Crippen molar-refractivity contribution in [2.75, 3.05) is 7.05 Å². The molecule has 0 N–H and O–H groups in total. The van der Waals surface area contributed by atoms with Gasteiger partial charge in [-0.3, -0.25) is 9.78 Å². The van der Waals surface area contributed by atoms with E-state index < -0.39 is 0 Å². The summed E-state index contributed by atoms with van der Waals surface area (Å²) >= 11 is 1.66. The van der Waals surface area contributed by atoms with E-state index in [1.165, 1.54) is 4.88 Å². The summed E-state index contributed by atoms with van der Waals surface area (Å²) < 4.78 is 0. The van der Waals surface area contributed by atoms with Gasteiger partial charge in [0.05, 0.1) is 17.4 Å². The third kappa shape index (κ3) is 3.68. The Bertz CT molecular complexity index is 885. The lowest BCUT2D eigenvalue weighted by molar-refractivity contribution is 0.0723. The van der Waals surface area contributed by atoms with Crippen molar-refractivity contribution in [3.05, 3.63) is 70.5 Å². The summed E-state index contributed by atoms with van der Waals surface area (Å²) in [5, 5.41) is 0.953. The topological polar surface area (TPSA) is 46.1 Å². The summed E-state index contributed by atoms with van der Waals surface area (Å²) in [5.41, 5.74) is 3.61. The molecule has 0 aliphatic heterocycles. The van der Waals surface area contributed by atoms with Gasteiger partial charge in [0.2, 0.25) is 0 Å². The molecule has 134 valence electrons. The minimum atomic E-state index is -0.0447. The van der Waals surface area contributed by atoms with E-state index in [2.05, 4.69) is 23.8 Å². The molecular formula is C21H23N3OS. The first kappa shape index (κ1) is 18.3. The lowest BCUT2D eigenvalue weighted by Crippen LogP contribution is -2.31. The third-order valence-corrected chi connectivity index (χ3v) is 5.71. The van der Waals surface area contributed by atoms with Gasteiger partial charge >= 0.3 is 0 Å². The smallest absolute Gasteiger partial charge is 0.254 e. The molecule has 2 aromatic heterocycles. The van der Waals surface area contributed by atoms with E-state index in [0.29, 0.717) is 5.56 Å². The molecule has 3 rings (SSSR count). The van der Waals surface area contributed by atoms with Gasteiger partial charge in [0.25, 0.3) is 5.91 Å². The number of carbonyl (C=O) groups is 1. The monoisotopic (exact) mass is 365 g/mol. The van der Waals surface area contributed by atoms with Crippen LogP contribution in [-0.2, 0) is 0 Å².